The lowest BCUT2D eigenvalue weighted by molar-refractivity contribution is 0.0726. The van der Waals surface area contributed by atoms with Crippen molar-refractivity contribution in [2.24, 2.45) is 0 Å². The van der Waals surface area contributed by atoms with Crippen molar-refractivity contribution in [3.63, 3.8) is 0 Å². The summed E-state index contributed by atoms with van der Waals surface area (Å²) in [5.41, 5.74) is 2.30. The molecular formula is C22H22N2O4. The molecule has 6 heteroatoms. The Morgan fingerprint density at radius 1 is 1.04 bits per heavy atom. The van der Waals surface area contributed by atoms with E-state index in [4.69, 9.17) is 14.0 Å². The maximum atomic E-state index is 13.0. The highest BCUT2D eigenvalue weighted by atomic mass is 16.5. The smallest absolute Gasteiger partial charge is 0.254 e. The third-order valence-corrected chi connectivity index (χ3v) is 4.85. The van der Waals surface area contributed by atoms with Crippen LogP contribution in [0.5, 0.6) is 11.5 Å². The highest BCUT2D eigenvalue weighted by Gasteiger charge is 2.33. The van der Waals surface area contributed by atoms with Crippen LogP contribution in [0.4, 0.5) is 0 Å². The zero-order valence-corrected chi connectivity index (χ0v) is 15.9. The van der Waals surface area contributed by atoms with Gasteiger partial charge in [0, 0.05) is 23.2 Å². The van der Waals surface area contributed by atoms with Gasteiger partial charge in [-0.15, -0.1) is 0 Å². The van der Waals surface area contributed by atoms with E-state index in [9.17, 15) is 4.79 Å². The number of carbonyl (C=O) groups is 1. The van der Waals surface area contributed by atoms with Gasteiger partial charge in [-0.25, -0.2) is 0 Å². The highest BCUT2D eigenvalue weighted by molar-refractivity contribution is 5.94. The van der Waals surface area contributed by atoms with Gasteiger partial charge in [-0.05, 0) is 61.4 Å². The van der Waals surface area contributed by atoms with E-state index in [1.54, 1.807) is 38.5 Å². The molecule has 0 bridgehead atoms. The van der Waals surface area contributed by atoms with Crippen molar-refractivity contribution in [2.45, 2.75) is 25.4 Å². The number of aromatic nitrogens is 1. The van der Waals surface area contributed by atoms with E-state index in [0.717, 1.165) is 35.6 Å². The van der Waals surface area contributed by atoms with Gasteiger partial charge in [0.25, 0.3) is 5.91 Å². The number of methoxy groups -OCH3 is 2. The zero-order chi connectivity index (χ0) is 19.5. The van der Waals surface area contributed by atoms with Crippen LogP contribution >= 0.6 is 0 Å². The molecule has 3 aromatic rings. The van der Waals surface area contributed by atoms with Crippen LogP contribution in [-0.4, -0.2) is 36.2 Å². The van der Waals surface area contributed by atoms with Crippen molar-refractivity contribution in [1.29, 1.82) is 0 Å². The van der Waals surface area contributed by atoms with E-state index in [1.165, 1.54) is 0 Å². The fourth-order valence-corrected chi connectivity index (χ4v) is 3.10. The number of ether oxygens (including phenoxy) is 2. The molecule has 1 saturated carbocycles. The molecule has 1 fully saturated rings. The molecule has 1 aromatic heterocycles. The van der Waals surface area contributed by atoms with E-state index in [2.05, 4.69) is 5.16 Å². The average Bonchev–Trinajstić information content (AvgIpc) is 3.49. The van der Waals surface area contributed by atoms with Crippen LogP contribution in [0.1, 0.15) is 28.9 Å². The fraction of sp³-hybridized carbons (Fsp3) is 0.273. The van der Waals surface area contributed by atoms with Crippen LogP contribution in [0, 0.1) is 0 Å². The monoisotopic (exact) mass is 378 g/mol. The van der Waals surface area contributed by atoms with Crippen molar-refractivity contribution in [3.8, 4) is 22.8 Å². The minimum absolute atomic E-state index is 0.000787. The second-order valence-electron chi connectivity index (χ2n) is 6.80. The van der Waals surface area contributed by atoms with Gasteiger partial charge in [-0.1, -0.05) is 5.16 Å². The third-order valence-electron chi connectivity index (χ3n) is 4.85. The molecule has 28 heavy (non-hydrogen) atoms. The largest absolute Gasteiger partial charge is 0.497 e. The lowest BCUT2D eigenvalue weighted by atomic mass is 10.1. The SMILES string of the molecule is COc1ccc(C(=O)N(Cc2cc(-c3ccc(OC)cc3)on2)C2CC2)cc1. The number of benzene rings is 2. The number of carbonyl (C=O) groups excluding carboxylic acids is 1. The Kier molecular flexibility index (Phi) is 5.02. The molecule has 4 rings (SSSR count). The maximum absolute atomic E-state index is 13.0. The molecule has 1 aliphatic carbocycles. The first-order valence-corrected chi connectivity index (χ1v) is 9.23. The molecule has 2 aromatic carbocycles. The molecule has 1 aliphatic rings. The van der Waals surface area contributed by atoms with E-state index in [-0.39, 0.29) is 11.9 Å². The summed E-state index contributed by atoms with van der Waals surface area (Å²) in [6, 6.07) is 16.9. The summed E-state index contributed by atoms with van der Waals surface area (Å²) < 4.78 is 15.8. The first kappa shape index (κ1) is 18.1. The minimum Gasteiger partial charge on any atom is -0.497 e. The molecule has 0 radical (unpaired) electrons. The van der Waals surface area contributed by atoms with Crippen LogP contribution in [-0.2, 0) is 6.54 Å². The van der Waals surface area contributed by atoms with Gasteiger partial charge >= 0.3 is 0 Å². The van der Waals surface area contributed by atoms with E-state index in [1.807, 2.05) is 35.2 Å². The first-order chi connectivity index (χ1) is 13.7. The number of rotatable bonds is 7. The van der Waals surface area contributed by atoms with Gasteiger partial charge in [0.1, 0.15) is 17.2 Å². The van der Waals surface area contributed by atoms with Crippen molar-refractivity contribution in [3.05, 3.63) is 65.9 Å². The Balaban J connectivity index is 1.50. The Hall–Kier alpha value is -3.28. The summed E-state index contributed by atoms with van der Waals surface area (Å²) >= 11 is 0. The van der Waals surface area contributed by atoms with Gasteiger partial charge in [-0.2, -0.15) is 0 Å². The maximum Gasteiger partial charge on any atom is 0.254 e. The van der Waals surface area contributed by atoms with Crippen LogP contribution in [0.2, 0.25) is 0 Å². The van der Waals surface area contributed by atoms with Crippen molar-refractivity contribution in [1.82, 2.24) is 10.1 Å². The molecule has 0 saturated heterocycles. The van der Waals surface area contributed by atoms with Crippen molar-refractivity contribution < 1.29 is 18.8 Å². The Labute approximate surface area is 163 Å². The average molecular weight is 378 g/mol. The summed E-state index contributed by atoms with van der Waals surface area (Å²) in [5, 5.41) is 4.17. The van der Waals surface area contributed by atoms with Gasteiger partial charge in [0.15, 0.2) is 5.76 Å². The summed E-state index contributed by atoms with van der Waals surface area (Å²) in [7, 11) is 3.24. The Morgan fingerprint density at radius 2 is 1.64 bits per heavy atom. The number of hydrogen-bond donors (Lipinski definition) is 0. The quantitative estimate of drug-likeness (QED) is 0.618. The summed E-state index contributed by atoms with van der Waals surface area (Å²) in [5.74, 6) is 2.19. The Morgan fingerprint density at radius 3 is 2.21 bits per heavy atom. The number of nitrogens with zero attached hydrogens (tertiary/aromatic N) is 2. The second kappa shape index (κ2) is 7.76. The van der Waals surface area contributed by atoms with Crippen LogP contribution in [0.25, 0.3) is 11.3 Å². The Bertz CT molecular complexity index is 943. The molecule has 0 N–H and O–H groups in total. The molecule has 1 amide bonds. The molecular weight excluding hydrogens is 356 g/mol. The standard InChI is InChI=1S/C22H22N2O4/c1-26-19-9-3-15(4-10-19)21-13-17(23-28-21)14-24(18-7-8-18)22(25)16-5-11-20(27-2)12-6-16/h3-6,9-13,18H,7-8,14H2,1-2H3. The van der Waals surface area contributed by atoms with Gasteiger partial charge in [-0.3, -0.25) is 4.79 Å². The molecule has 0 spiro atoms. The van der Waals surface area contributed by atoms with E-state index < -0.39 is 0 Å². The summed E-state index contributed by atoms with van der Waals surface area (Å²) in [6.07, 6.45) is 2.04. The lowest BCUT2D eigenvalue weighted by Crippen LogP contribution is -2.32. The zero-order valence-electron chi connectivity index (χ0n) is 15.9. The predicted octanol–water partition coefficient (Wildman–Crippen LogP) is 4.16. The summed E-state index contributed by atoms with van der Waals surface area (Å²) in [6.45, 7) is 0.426. The molecule has 1 heterocycles. The molecule has 0 atom stereocenters. The van der Waals surface area contributed by atoms with E-state index in [0.29, 0.717) is 17.9 Å². The lowest BCUT2D eigenvalue weighted by Gasteiger charge is -2.21. The van der Waals surface area contributed by atoms with Gasteiger partial charge in [0.05, 0.1) is 20.8 Å². The van der Waals surface area contributed by atoms with Gasteiger partial charge < -0.3 is 18.9 Å². The highest BCUT2D eigenvalue weighted by Crippen LogP contribution is 2.31. The van der Waals surface area contributed by atoms with Gasteiger partial charge in [0.2, 0.25) is 0 Å². The molecule has 6 nitrogen and oxygen atoms in total. The minimum atomic E-state index is -0.000787. The van der Waals surface area contributed by atoms with Crippen LogP contribution in [0.3, 0.4) is 0 Å². The van der Waals surface area contributed by atoms with Crippen LogP contribution in [0.15, 0.2) is 59.1 Å². The molecule has 0 aliphatic heterocycles. The number of hydrogen-bond acceptors (Lipinski definition) is 5. The number of amides is 1. The normalized spacial score (nSPS) is 13.2. The first-order valence-electron chi connectivity index (χ1n) is 9.23. The molecule has 0 unspecified atom stereocenters. The van der Waals surface area contributed by atoms with E-state index >= 15 is 0 Å². The third kappa shape index (κ3) is 3.86. The molecule has 144 valence electrons. The van der Waals surface area contributed by atoms with Crippen LogP contribution < -0.4 is 9.47 Å². The predicted molar refractivity (Wildman–Crippen MR) is 104 cm³/mol. The fourth-order valence-electron chi connectivity index (χ4n) is 3.10. The van der Waals surface area contributed by atoms with Crippen molar-refractivity contribution in [2.75, 3.05) is 14.2 Å². The second-order valence-corrected chi connectivity index (χ2v) is 6.80. The topological polar surface area (TPSA) is 64.8 Å². The van der Waals surface area contributed by atoms with Crippen molar-refractivity contribution >= 4 is 5.91 Å². The summed E-state index contributed by atoms with van der Waals surface area (Å²) in [4.78, 5) is 14.9.